The van der Waals surface area contributed by atoms with Crippen LogP contribution in [0.3, 0.4) is 0 Å². The number of methoxy groups -OCH3 is 2. The molecule has 1 heterocycles. The van der Waals surface area contributed by atoms with Crippen LogP contribution in [0.5, 0.6) is 11.6 Å². The maximum atomic E-state index is 12.8. The molecule has 3 rings (SSSR count). The Morgan fingerprint density at radius 2 is 2.00 bits per heavy atom. The van der Waals surface area contributed by atoms with E-state index in [-0.39, 0.29) is 24.0 Å². The molecule has 1 aromatic carbocycles. The standard InChI is InChI=1S/C20H24N2O4/c1-12-8-13(4-6-17(12)25-2)20(24)22-19(15-9-16(23)10-15)14-5-7-18(26-3)21-11-14/h4-8,11,15-16,19,23H,9-10H2,1-3H3,(H,22,24)/t15?,16?,19-/m0/s1. The number of aliphatic hydroxyl groups is 1. The van der Waals surface area contributed by atoms with E-state index in [1.807, 2.05) is 19.1 Å². The first-order valence-corrected chi connectivity index (χ1v) is 8.65. The highest BCUT2D eigenvalue weighted by Gasteiger charge is 2.36. The summed E-state index contributed by atoms with van der Waals surface area (Å²) in [5, 5.41) is 12.8. The van der Waals surface area contributed by atoms with Crippen LogP contribution in [0.2, 0.25) is 0 Å². The van der Waals surface area contributed by atoms with Crippen molar-refractivity contribution in [2.45, 2.75) is 31.9 Å². The Morgan fingerprint density at radius 1 is 1.23 bits per heavy atom. The first-order chi connectivity index (χ1) is 12.5. The monoisotopic (exact) mass is 356 g/mol. The van der Waals surface area contributed by atoms with E-state index in [2.05, 4.69) is 10.3 Å². The molecular weight excluding hydrogens is 332 g/mol. The number of benzene rings is 1. The van der Waals surface area contributed by atoms with Crippen molar-refractivity contribution < 1.29 is 19.4 Å². The molecule has 1 atom stereocenters. The minimum absolute atomic E-state index is 0.155. The number of hydrogen-bond acceptors (Lipinski definition) is 5. The number of rotatable bonds is 6. The number of carbonyl (C=O) groups excluding carboxylic acids is 1. The molecule has 0 saturated heterocycles. The van der Waals surface area contributed by atoms with E-state index >= 15 is 0 Å². The Balaban J connectivity index is 1.80. The molecule has 0 aliphatic heterocycles. The third-order valence-electron chi connectivity index (χ3n) is 4.89. The van der Waals surface area contributed by atoms with Crippen LogP contribution >= 0.6 is 0 Å². The van der Waals surface area contributed by atoms with Gasteiger partial charge >= 0.3 is 0 Å². The quantitative estimate of drug-likeness (QED) is 0.832. The minimum atomic E-state index is -0.297. The smallest absolute Gasteiger partial charge is 0.251 e. The summed E-state index contributed by atoms with van der Waals surface area (Å²) in [5.41, 5.74) is 2.39. The second-order valence-corrected chi connectivity index (χ2v) is 6.65. The van der Waals surface area contributed by atoms with E-state index in [0.29, 0.717) is 24.3 Å². The molecule has 1 fully saturated rings. The Hall–Kier alpha value is -2.60. The summed E-state index contributed by atoms with van der Waals surface area (Å²) < 4.78 is 10.4. The number of aliphatic hydroxyl groups excluding tert-OH is 1. The summed E-state index contributed by atoms with van der Waals surface area (Å²) in [6.07, 6.45) is 2.75. The van der Waals surface area contributed by atoms with Gasteiger partial charge in [-0.15, -0.1) is 0 Å². The maximum Gasteiger partial charge on any atom is 0.251 e. The van der Waals surface area contributed by atoms with Crippen LogP contribution in [0.15, 0.2) is 36.5 Å². The lowest BCUT2D eigenvalue weighted by atomic mass is 9.75. The molecule has 6 heteroatoms. The lowest BCUT2D eigenvalue weighted by Crippen LogP contribution is -2.41. The van der Waals surface area contributed by atoms with Crippen molar-refractivity contribution >= 4 is 5.91 Å². The number of nitrogens with one attached hydrogen (secondary N) is 1. The lowest BCUT2D eigenvalue weighted by Gasteiger charge is -2.38. The topological polar surface area (TPSA) is 80.7 Å². The average Bonchev–Trinajstić information content (AvgIpc) is 2.63. The number of carbonyl (C=O) groups is 1. The molecule has 0 bridgehead atoms. The molecule has 0 radical (unpaired) electrons. The number of aromatic nitrogens is 1. The summed E-state index contributed by atoms with van der Waals surface area (Å²) in [5.74, 6) is 1.30. The van der Waals surface area contributed by atoms with Crippen LogP contribution in [0, 0.1) is 12.8 Å². The van der Waals surface area contributed by atoms with Gasteiger partial charge in [-0.05, 0) is 55.0 Å². The molecule has 0 unspecified atom stereocenters. The zero-order valence-electron chi connectivity index (χ0n) is 15.2. The predicted octanol–water partition coefficient (Wildman–Crippen LogP) is 2.65. The maximum absolute atomic E-state index is 12.8. The average molecular weight is 356 g/mol. The van der Waals surface area contributed by atoms with E-state index in [1.165, 1.54) is 0 Å². The number of pyridine rings is 1. The van der Waals surface area contributed by atoms with Gasteiger partial charge in [0.1, 0.15) is 5.75 Å². The predicted molar refractivity (Wildman–Crippen MR) is 97.5 cm³/mol. The molecule has 1 aliphatic carbocycles. The van der Waals surface area contributed by atoms with Crippen LogP contribution in [-0.2, 0) is 0 Å². The van der Waals surface area contributed by atoms with Gasteiger partial charge < -0.3 is 19.9 Å². The van der Waals surface area contributed by atoms with Crippen molar-refractivity contribution in [3.63, 3.8) is 0 Å². The second-order valence-electron chi connectivity index (χ2n) is 6.65. The third-order valence-corrected chi connectivity index (χ3v) is 4.89. The minimum Gasteiger partial charge on any atom is -0.496 e. The molecule has 6 nitrogen and oxygen atoms in total. The van der Waals surface area contributed by atoms with Gasteiger partial charge in [0.2, 0.25) is 5.88 Å². The summed E-state index contributed by atoms with van der Waals surface area (Å²) in [6.45, 7) is 1.91. The van der Waals surface area contributed by atoms with E-state index < -0.39 is 0 Å². The first kappa shape index (κ1) is 18.2. The van der Waals surface area contributed by atoms with Crippen LogP contribution < -0.4 is 14.8 Å². The lowest BCUT2D eigenvalue weighted by molar-refractivity contribution is 0.0234. The van der Waals surface area contributed by atoms with Gasteiger partial charge in [-0.2, -0.15) is 0 Å². The zero-order chi connectivity index (χ0) is 18.7. The zero-order valence-corrected chi connectivity index (χ0v) is 15.2. The van der Waals surface area contributed by atoms with Gasteiger partial charge in [-0.25, -0.2) is 4.98 Å². The normalized spacial score (nSPS) is 20.0. The van der Waals surface area contributed by atoms with Crippen LogP contribution in [0.25, 0.3) is 0 Å². The van der Waals surface area contributed by atoms with Crippen molar-refractivity contribution in [2.24, 2.45) is 5.92 Å². The fourth-order valence-corrected chi connectivity index (χ4v) is 3.32. The molecular formula is C20H24N2O4. The molecule has 1 aliphatic rings. The van der Waals surface area contributed by atoms with Crippen molar-refractivity contribution in [2.75, 3.05) is 14.2 Å². The third kappa shape index (κ3) is 3.80. The van der Waals surface area contributed by atoms with E-state index in [4.69, 9.17) is 9.47 Å². The Kier molecular flexibility index (Phi) is 5.42. The van der Waals surface area contributed by atoms with Gasteiger partial charge in [-0.3, -0.25) is 4.79 Å². The SMILES string of the molecule is COc1ccc([C@H](NC(=O)c2ccc(OC)c(C)c2)C2CC(O)C2)cn1. The fourth-order valence-electron chi connectivity index (χ4n) is 3.32. The number of amides is 1. The van der Waals surface area contributed by atoms with Crippen LogP contribution in [0.1, 0.15) is 40.4 Å². The number of hydrogen-bond donors (Lipinski definition) is 2. The van der Waals surface area contributed by atoms with Gasteiger partial charge in [0.05, 0.1) is 26.4 Å². The van der Waals surface area contributed by atoms with Crippen molar-refractivity contribution in [1.82, 2.24) is 10.3 Å². The summed E-state index contributed by atoms with van der Waals surface area (Å²) in [6, 6.07) is 8.84. The van der Waals surface area contributed by atoms with E-state index in [1.54, 1.807) is 38.6 Å². The van der Waals surface area contributed by atoms with Crippen molar-refractivity contribution in [3.05, 3.63) is 53.2 Å². The molecule has 26 heavy (non-hydrogen) atoms. The number of ether oxygens (including phenoxy) is 2. The number of aryl methyl sites for hydroxylation is 1. The largest absolute Gasteiger partial charge is 0.496 e. The molecule has 1 saturated carbocycles. The molecule has 0 spiro atoms. The second kappa shape index (κ2) is 7.74. The van der Waals surface area contributed by atoms with E-state index in [0.717, 1.165) is 16.9 Å². The molecule has 1 amide bonds. The fraction of sp³-hybridized carbons (Fsp3) is 0.400. The van der Waals surface area contributed by atoms with Crippen molar-refractivity contribution in [1.29, 1.82) is 0 Å². The first-order valence-electron chi connectivity index (χ1n) is 8.65. The van der Waals surface area contributed by atoms with Gasteiger partial charge in [0.25, 0.3) is 5.91 Å². The van der Waals surface area contributed by atoms with Gasteiger partial charge in [0, 0.05) is 17.8 Å². The van der Waals surface area contributed by atoms with Crippen LogP contribution in [0.4, 0.5) is 0 Å². The summed E-state index contributed by atoms with van der Waals surface area (Å²) in [4.78, 5) is 17.0. The Bertz CT molecular complexity index is 770. The van der Waals surface area contributed by atoms with Gasteiger partial charge in [-0.1, -0.05) is 6.07 Å². The highest BCUT2D eigenvalue weighted by atomic mass is 16.5. The van der Waals surface area contributed by atoms with Crippen molar-refractivity contribution in [3.8, 4) is 11.6 Å². The van der Waals surface area contributed by atoms with E-state index in [9.17, 15) is 9.90 Å². The Labute approximate surface area is 153 Å². The van der Waals surface area contributed by atoms with Crippen LogP contribution in [-0.4, -0.2) is 36.3 Å². The molecule has 138 valence electrons. The summed E-state index contributed by atoms with van der Waals surface area (Å²) in [7, 11) is 3.17. The molecule has 1 aromatic heterocycles. The Morgan fingerprint density at radius 3 is 2.54 bits per heavy atom. The molecule has 2 aromatic rings. The van der Waals surface area contributed by atoms with Gasteiger partial charge in [0.15, 0.2) is 0 Å². The highest BCUT2D eigenvalue weighted by molar-refractivity contribution is 5.94. The summed E-state index contributed by atoms with van der Waals surface area (Å²) >= 11 is 0. The number of nitrogens with zero attached hydrogens (tertiary/aromatic N) is 1. The highest BCUT2D eigenvalue weighted by Crippen LogP contribution is 2.38. The molecule has 2 N–H and O–H groups in total.